The van der Waals surface area contributed by atoms with Crippen molar-refractivity contribution in [2.75, 3.05) is 0 Å². The Morgan fingerprint density at radius 2 is 0.800 bits per heavy atom. The van der Waals surface area contributed by atoms with Gasteiger partial charge in [-0.2, -0.15) is 0 Å². The Labute approximate surface area is 57.7 Å². The van der Waals surface area contributed by atoms with Crippen molar-refractivity contribution in [1.82, 2.24) is 0 Å². The van der Waals surface area contributed by atoms with Gasteiger partial charge < -0.3 is 24.8 Å². The van der Waals surface area contributed by atoms with Gasteiger partial charge in [-0.25, -0.2) is 0 Å². The first kappa shape index (κ1) is 34.8. The first-order valence-electron chi connectivity index (χ1n) is 0.333. The molecule has 0 aliphatic rings. The maximum atomic E-state index is 4.00. The molecule has 0 saturated carbocycles. The van der Waals surface area contributed by atoms with Crippen molar-refractivity contribution in [2.45, 2.75) is 0 Å². The molecular weight excluding hydrogens is 294 g/mol. The number of hydrogen-bond acceptors (Lipinski definition) is 2. The molecule has 4 N–H and O–H groups in total. The number of hydrazine groups is 1. The van der Waals surface area contributed by atoms with Crippen LogP contribution >= 0.6 is 0 Å². The summed E-state index contributed by atoms with van der Waals surface area (Å²) in [6, 6.07) is 0. The molecule has 5 heavy (non-hydrogen) atoms. The molecule has 0 spiro atoms. The van der Waals surface area contributed by atoms with Gasteiger partial charge in [-0.15, -0.1) is 0 Å². The summed E-state index contributed by atoms with van der Waals surface area (Å²) in [5.74, 6) is 8.00. The minimum absolute atomic E-state index is 0. The molecule has 0 aromatic rings. The molecule has 0 aliphatic heterocycles. The van der Waals surface area contributed by atoms with E-state index in [0.717, 1.165) is 0 Å². The average molecular weight is 298 g/mol. The van der Waals surface area contributed by atoms with Gasteiger partial charge in [0.2, 0.25) is 0 Å². The Bertz CT molecular complexity index is 7.61. The predicted molar refractivity (Wildman–Crippen MR) is 8.37 cm³/mol. The summed E-state index contributed by atoms with van der Waals surface area (Å²) in [6.07, 6.45) is 0. The van der Waals surface area contributed by atoms with E-state index < -0.39 is 0 Å². The van der Waals surface area contributed by atoms with E-state index in [9.17, 15) is 0 Å². The van der Waals surface area contributed by atoms with Crippen LogP contribution in [0.15, 0.2) is 0 Å². The Morgan fingerprint density at radius 3 is 0.800 bits per heavy atom. The minimum Gasteiger partial charge on any atom is -1.00 e. The topological polar surface area (TPSA) is 52.0 Å². The average Bonchev–Trinajstić information content (AvgIpc) is 1.00. The molecule has 2 nitrogen and oxygen atoms in total. The summed E-state index contributed by atoms with van der Waals surface area (Å²) >= 11 is 0. The van der Waals surface area contributed by atoms with Crippen molar-refractivity contribution >= 4 is 0 Å². The van der Waals surface area contributed by atoms with Gasteiger partial charge in [0, 0.05) is 0 Å². The van der Waals surface area contributed by atoms with Gasteiger partial charge in [0.05, 0.1) is 0 Å². The van der Waals surface area contributed by atoms with E-state index >= 15 is 0 Å². The molecule has 0 rings (SSSR count). The largest absolute Gasteiger partial charge is 2.00 e. The molecule has 0 radical (unpaired) electrons. The van der Waals surface area contributed by atoms with Gasteiger partial charge in [0.1, 0.15) is 0 Å². The van der Waals surface area contributed by atoms with Crippen molar-refractivity contribution in [3.63, 3.8) is 0 Å². The molecule has 38 valence electrons. The van der Waals surface area contributed by atoms with E-state index in [1.807, 2.05) is 0 Å². The SMILES string of the molecule is NN.[Cl-].[Cl-].[Pt+2]. The summed E-state index contributed by atoms with van der Waals surface area (Å²) in [7, 11) is 0. The standard InChI is InChI=1S/2ClH.H4N2.Pt/c;;1-2;/h2*1H;1-2H2;/q;;;+2/p-2. The molecule has 0 aromatic heterocycles. The van der Waals surface area contributed by atoms with Crippen LogP contribution in [0, 0.1) is 0 Å². The fraction of sp³-hybridized carbons (Fsp3) is 0. The molecule has 0 unspecified atom stereocenters. The van der Waals surface area contributed by atoms with Crippen LogP contribution in [-0.4, -0.2) is 0 Å². The summed E-state index contributed by atoms with van der Waals surface area (Å²) in [6.45, 7) is 0. The number of nitrogens with two attached hydrogens (primary N) is 2. The third-order valence-electron chi connectivity index (χ3n) is 0. The summed E-state index contributed by atoms with van der Waals surface area (Å²) < 4.78 is 0. The van der Waals surface area contributed by atoms with E-state index in [4.69, 9.17) is 0 Å². The van der Waals surface area contributed by atoms with E-state index in [1.165, 1.54) is 0 Å². The quantitative estimate of drug-likeness (QED) is 0.345. The molecule has 0 amide bonds. The zero-order valence-corrected chi connectivity index (χ0v) is 6.01. The van der Waals surface area contributed by atoms with Crippen LogP contribution in [-0.2, 0) is 21.1 Å². The summed E-state index contributed by atoms with van der Waals surface area (Å²) in [5.41, 5.74) is 0. The molecule has 0 bridgehead atoms. The van der Waals surface area contributed by atoms with Crippen LogP contribution in [0.1, 0.15) is 0 Å². The van der Waals surface area contributed by atoms with Crippen LogP contribution in [0.3, 0.4) is 0 Å². The van der Waals surface area contributed by atoms with Crippen molar-refractivity contribution in [3.05, 3.63) is 0 Å². The zero-order chi connectivity index (χ0) is 2.00. The first-order valence-corrected chi connectivity index (χ1v) is 0.333. The Balaban J connectivity index is -0.00000000167. The Morgan fingerprint density at radius 1 is 0.800 bits per heavy atom. The molecule has 0 aliphatic carbocycles. The second-order valence-electron chi connectivity index (χ2n) is 0. The normalized spacial score (nSPS) is 1.20. The van der Waals surface area contributed by atoms with Crippen molar-refractivity contribution in [1.29, 1.82) is 0 Å². The molecule has 0 aromatic carbocycles. The fourth-order valence-corrected chi connectivity index (χ4v) is 0. The van der Waals surface area contributed by atoms with Gasteiger partial charge in [-0.1, -0.05) is 0 Å². The smallest absolute Gasteiger partial charge is 1.00 e. The Kier molecular flexibility index (Phi) is 448. The van der Waals surface area contributed by atoms with Gasteiger partial charge in [0.25, 0.3) is 0 Å². The van der Waals surface area contributed by atoms with Crippen molar-refractivity contribution in [3.8, 4) is 0 Å². The molecule has 0 heterocycles. The maximum absolute atomic E-state index is 4.00. The van der Waals surface area contributed by atoms with E-state index in [1.54, 1.807) is 0 Å². The van der Waals surface area contributed by atoms with Gasteiger partial charge >= 0.3 is 21.1 Å². The molecule has 0 saturated heterocycles. The first-order chi connectivity index (χ1) is 1.00. The zero-order valence-electron chi connectivity index (χ0n) is 2.23. The van der Waals surface area contributed by atoms with Crippen LogP contribution < -0.4 is 36.5 Å². The van der Waals surface area contributed by atoms with Crippen LogP contribution in [0.4, 0.5) is 0 Å². The second kappa shape index (κ2) is 64.5. The van der Waals surface area contributed by atoms with Crippen LogP contribution in [0.5, 0.6) is 0 Å². The monoisotopic (exact) mass is 297 g/mol. The van der Waals surface area contributed by atoms with Crippen LogP contribution in [0.2, 0.25) is 0 Å². The number of rotatable bonds is 0. The summed E-state index contributed by atoms with van der Waals surface area (Å²) in [4.78, 5) is 0. The Hall–Kier alpha value is 1.19. The maximum Gasteiger partial charge on any atom is 2.00 e. The fourth-order valence-electron chi connectivity index (χ4n) is 0. The van der Waals surface area contributed by atoms with Crippen molar-refractivity contribution in [2.24, 2.45) is 11.7 Å². The van der Waals surface area contributed by atoms with Gasteiger partial charge in [0.15, 0.2) is 0 Å². The summed E-state index contributed by atoms with van der Waals surface area (Å²) in [5, 5.41) is 0. The third-order valence-corrected chi connectivity index (χ3v) is 0. The molecular formula is H4Cl2N2Pt. The van der Waals surface area contributed by atoms with Gasteiger partial charge in [-0.05, 0) is 0 Å². The van der Waals surface area contributed by atoms with Crippen molar-refractivity contribution < 1.29 is 45.9 Å². The predicted octanol–water partition coefficient (Wildman–Crippen LogP) is -7.18. The van der Waals surface area contributed by atoms with E-state index in [-0.39, 0.29) is 45.9 Å². The number of hydrogen-bond donors (Lipinski definition) is 2. The minimum atomic E-state index is 0. The third kappa shape index (κ3) is 37.3. The molecule has 0 atom stereocenters. The molecule has 5 heteroatoms. The number of halogens is 2. The van der Waals surface area contributed by atoms with Crippen LogP contribution in [0.25, 0.3) is 0 Å². The van der Waals surface area contributed by atoms with Gasteiger partial charge in [-0.3, -0.25) is 11.7 Å². The van der Waals surface area contributed by atoms with E-state index in [0.29, 0.717) is 0 Å². The molecule has 0 fully saturated rings. The second-order valence-corrected chi connectivity index (χ2v) is 0. The van der Waals surface area contributed by atoms with E-state index in [2.05, 4.69) is 11.7 Å².